The van der Waals surface area contributed by atoms with Gasteiger partial charge in [0.2, 0.25) is 0 Å². The lowest BCUT2D eigenvalue weighted by atomic mass is 10.3. The van der Waals surface area contributed by atoms with Gasteiger partial charge in [-0.1, -0.05) is 20.3 Å². The number of carbonyl (C=O) groups is 1. The minimum absolute atomic E-state index is 0.0160. The molecule has 0 bridgehead atoms. The van der Waals surface area contributed by atoms with Crippen LogP contribution < -0.4 is 5.32 Å². The van der Waals surface area contributed by atoms with Crippen molar-refractivity contribution in [3.05, 3.63) is 15.6 Å². The van der Waals surface area contributed by atoms with Gasteiger partial charge in [0.1, 0.15) is 4.88 Å². The van der Waals surface area contributed by atoms with Crippen LogP contribution in [0.15, 0.2) is 0 Å². The van der Waals surface area contributed by atoms with Crippen LogP contribution in [0, 0.1) is 6.92 Å². The maximum Gasteiger partial charge on any atom is 0.263 e. The third-order valence-corrected chi connectivity index (χ3v) is 4.33. The zero-order valence-electron chi connectivity index (χ0n) is 12.5. The van der Waals surface area contributed by atoms with E-state index in [4.69, 9.17) is 0 Å². The highest BCUT2D eigenvalue weighted by molar-refractivity contribution is 7.13. The number of carbonyl (C=O) groups excluding carboxylic acids is 1. The number of thiazole rings is 1. The lowest BCUT2D eigenvalue weighted by molar-refractivity contribution is 0.0953. The second-order valence-electron chi connectivity index (χ2n) is 4.78. The summed E-state index contributed by atoms with van der Waals surface area (Å²) < 4.78 is 0. The molecule has 1 amide bonds. The number of nitrogens with zero attached hydrogens (tertiary/aromatic N) is 2. The molecule has 1 heterocycles. The summed E-state index contributed by atoms with van der Waals surface area (Å²) in [6, 6.07) is 0. The van der Waals surface area contributed by atoms with Crippen molar-refractivity contribution in [2.75, 3.05) is 26.7 Å². The van der Waals surface area contributed by atoms with Crippen molar-refractivity contribution in [2.24, 2.45) is 0 Å². The van der Waals surface area contributed by atoms with Crippen LogP contribution in [-0.4, -0.2) is 42.5 Å². The second kappa shape index (κ2) is 8.27. The van der Waals surface area contributed by atoms with E-state index in [1.165, 1.54) is 11.3 Å². The predicted molar refractivity (Wildman–Crippen MR) is 81.0 cm³/mol. The van der Waals surface area contributed by atoms with Gasteiger partial charge in [-0.2, -0.15) is 0 Å². The molecule has 108 valence electrons. The monoisotopic (exact) mass is 283 g/mol. The SMILES string of the molecule is CCCCc1nc(C)c(C(=O)NCCN(C)CC)s1. The predicted octanol–water partition coefficient (Wildman–Crippen LogP) is 2.48. The molecular formula is C14H25N3OS. The molecule has 0 saturated carbocycles. The van der Waals surface area contributed by atoms with Crippen molar-refractivity contribution in [1.29, 1.82) is 0 Å². The van der Waals surface area contributed by atoms with Gasteiger partial charge in [-0.05, 0) is 33.4 Å². The largest absolute Gasteiger partial charge is 0.350 e. The van der Waals surface area contributed by atoms with Crippen molar-refractivity contribution < 1.29 is 4.79 Å². The highest BCUT2D eigenvalue weighted by Gasteiger charge is 2.14. The van der Waals surface area contributed by atoms with E-state index >= 15 is 0 Å². The van der Waals surface area contributed by atoms with E-state index in [2.05, 4.69) is 29.0 Å². The lowest BCUT2D eigenvalue weighted by Crippen LogP contribution is -2.32. The van der Waals surface area contributed by atoms with Gasteiger partial charge in [0.15, 0.2) is 0 Å². The Hall–Kier alpha value is -0.940. The molecule has 5 heteroatoms. The lowest BCUT2D eigenvalue weighted by Gasteiger charge is -2.13. The Morgan fingerprint density at radius 1 is 1.42 bits per heavy atom. The first-order chi connectivity index (χ1) is 9.08. The number of rotatable bonds is 8. The van der Waals surface area contributed by atoms with E-state index in [0.717, 1.165) is 47.9 Å². The van der Waals surface area contributed by atoms with Gasteiger partial charge in [0, 0.05) is 13.1 Å². The minimum atomic E-state index is 0.0160. The van der Waals surface area contributed by atoms with Crippen LogP contribution in [0.1, 0.15) is 47.1 Å². The van der Waals surface area contributed by atoms with Gasteiger partial charge >= 0.3 is 0 Å². The van der Waals surface area contributed by atoms with Gasteiger partial charge < -0.3 is 10.2 Å². The standard InChI is InChI=1S/C14H25N3OS/c1-5-7-8-12-16-11(3)13(19-12)14(18)15-9-10-17(4)6-2/h5-10H2,1-4H3,(H,15,18). The summed E-state index contributed by atoms with van der Waals surface area (Å²) in [5.41, 5.74) is 0.859. The van der Waals surface area contributed by atoms with Crippen LogP contribution in [-0.2, 0) is 6.42 Å². The average Bonchev–Trinajstić information content (AvgIpc) is 2.77. The third-order valence-electron chi connectivity index (χ3n) is 3.11. The molecule has 0 spiro atoms. The third kappa shape index (κ3) is 5.28. The fourth-order valence-corrected chi connectivity index (χ4v) is 2.72. The number of hydrogen-bond donors (Lipinski definition) is 1. The number of aromatic nitrogens is 1. The zero-order valence-corrected chi connectivity index (χ0v) is 13.3. The molecule has 19 heavy (non-hydrogen) atoms. The fourth-order valence-electron chi connectivity index (χ4n) is 1.70. The van der Waals surface area contributed by atoms with E-state index < -0.39 is 0 Å². The molecule has 0 aromatic carbocycles. The molecule has 0 aliphatic carbocycles. The minimum Gasteiger partial charge on any atom is -0.350 e. The number of aryl methyl sites for hydroxylation is 2. The molecule has 0 saturated heterocycles. The van der Waals surface area contributed by atoms with E-state index in [1.807, 2.05) is 14.0 Å². The van der Waals surface area contributed by atoms with E-state index in [9.17, 15) is 4.79 Å². The first kappa shape index (κ1) is 16.1. The molecule has 1 rings (SSSR count). The number of unbranched alkanes of at least 4 members (excludes halogenated alkanes) is 1. The number of likely N-dealkylation sites (N-methyl/N-ethyl adjacent to an activating group) is 1. The Kier molecular flexibility index (Phi) is 7.02. The Morgan fingerprint density at radius 2 is 2.16 bits per heavy atom. The molecule has 1 N–H and O–H groups in total. The number of hydrogen-bond acceptors (Lipinski definition) is 4. The molecule has 0 atom stereocenters. The van der Waals surface area contributed by atoms with Crippen molar-refractivity contribution in [2.45, 2.75) is 40.0 Å². The number of nitrogens with one attached hydrogen (secondary N) is 1. The van der Waals surface area contributed by atoms with Crippen LogP contribution in [0.2, 0.25) is 0 Å². The summed E-state index contributed by atoms with van der Waals surface area (Å²) in [6.07, 6.45) is 3.27. The van der Waals surface area contributed by atoms with Gasteiger partial charge in [-0.3, -0.25) is 4.79 Å². The molecule has 4 nitrogen and oxygen atoms in total. The van der Waals surface area contributed by atoms with Crippen LogP contribution >= 0.6 is 11.3 Å². The van der Waals surface area contributed by atoms with Gasteiger partial charge in [0.05, 0.1) is 10.7 Å². The van der Waals surface area contributed by atoms with E-state index in [-0.39, 0.29) is 5.91 Å². The van der Waals surface area contributed by atoms with Crippen LogP contribution in [0.25, 0.3) is 0 Å². The summed E-state index contributed by atoms with van der Waals surface area (Å²) in [7, 11) is 2.05. The Balaban J connectivity index is 2.49. The molecule has 0 unspecified atom stereocenters. The molecule has 0 aliphatic rings. The zero-order chi connectivity index (χ0) is 14.3. The molecule has 0 aliphatic heterocycles. The quantitative estimate of drug-likeness (QED) is 0.797. The molecular weight excluding hydrogens is 258 g/mol. The van der Waals surface area contributed by atoms with Gasteiger partial charge in [-0.15, -0.1) is 11.3 Å². The van der Waals surface area contributed by atoms with Crippen LogP contribution in [0.3, 0.4) is 0 Å². The summed E-state index contributed by atoms with van der Waals surface area (Å²) in [5, 5.41) is 4.04. The average molecular weight is 283 g/mol. The maximum atomic E-state index is 12.1. The molecule has 0 fully saturated rings. The van der Waals surface area contributed by atoms with Crippen molar-refractivity contribution in [3.63, 3.8) is 0 Å². The topological polar surface area (TPSA) is 45.2 Å². The Morgan fingerprint density at radius 3 is 2.79 bits per heavy atom. The number of amides is 1. The van der Waals surface area contributed by atoms with Crippen LogP contribution in [0.5, 0.6) is 0 Å². The normalized spacial score (nSPS) is 11.0. The highest BCUT2D eigenvalue weighted by Crippen LogP contribution is 2.19. The van der Waals surface area contributed by atoms with Crippen molar-refractivity contribution >= 4 is 17.2 Å². The van der Waals surface area contributed by atoms with E-state index in [1.54, 1.807) is 0 Å². The van der Waals surface area contributed by atoms with Gasteiger partial charge in [-0.25, -0.2) is 4.98 Å². The Bertz CT molecular complexity index is 403. The molecule has 1 aromatic heterocycles. The Labute approximate surface area is 120 Å². The smallest absolute Gasteiger partial charge is 0.263 e. The summed E-state index contributed by atoms with van der Waals surface area (Å²) in [5.74, 6) is 0.0160. The maximum absolute atomic E-state index is 12.1. The first-order valence-corrected chi connectivity index (χ1v) is 7.83. The van der Waals surface area contributed by atoms with Gasteiger partial charge in [0.25, 0.3) is 5.91 Å². The summed E-state index contributed by atoms with van der Waals surface area (Å²) >= 11 is 1.54. The molecule has 0 radical (unpaired) electrons. The second-order valence-corrected chi connectivity index (χ2v) is 5.86. The summed E-state index contributed by atoms with van der Waals surface area (Å²) in [6.45, 7) is 8.75. The van der Waals surface area contributed by atoms with Crippen molar-refractivity contribution in [1.82, 2.24) is 15.2 Å². The fraction of sp³-hybridized carbons (Fsp3) is 0.714. The molecule has 1 aromatic rings. The summed E-state index contributed by atoms with van der Waals surface area (Å²) in [4.78, 5) is 19.5. The van der Waals surface area contributed by atoms with Crippen molar-refractivity contribution in [3.8, 4) is 0 Å². The van der Waals surface area contributed by atoms with Crippen LogP contribution in [0.4, 0.5) is 0 Å². The first-order valence-electron chi connectivity index (χ1n) is 7.01. The highest BCUT2D eigenvalue weighted by atomic mass is 32.1. The van der Waals surface area contributed by atoms with E-state index in [0.29, 0.717) is 6.54 Å².